The molecule has 1 fully saturated rings. The van der Waals surface area contributed by atoms with Crippen LogP contribution in [-0.2, 0) is 11.3 Å². The molecular weight excluding hydrogens is 380 g/mol. The van der Waals surface area contributed by atoms with Crippen molar-refractivity contribution in [1.82, 2.24) is 19.4 Å². The van der Waals surface area contributed by atoms with Gasteiger partial charge in [0.2, 0.25) is 5.91 Å². The maximum Gasteiger partial charge on any atom is 0.329 e. The van der Waals surface area contributed by atoms with Gasteiger partial charge in [-0.2, -0.15) is 0 Å². The number of hydrogen-bond acceptors (Lipinski definition) is 4. The number of nitrogens with one attached hydrogen (secondary N) is 1. The molecule has 1 aromatic heterocycles. The summed E-state index contributed by atoms with van der Waals surface area (Å²) < 4.78 is 0.986. The molecule has 0 saturated carbocycles. The Hall–Kier alpha value is -3.45. The molecule has 3 aromatic rings. The number of carbonyl (C=O) groups is 1. The van der Waals surface area contributed by atoms with Crippen LogP contribution < -0.4 is 11.2 Å². The zero-order valence-corrected chi connectivity index (χ0v) is 16.7. The summed E-state index contributed by atoms with van der Waals surface area (Å²) in [6.07, 6.45) is 4.22. The highest BCUT2D eigenvalue weighted by Gasteiger charge is 2.22. The van der Waals surface area contributed by atoms with Crippen LogP contribution in [0.25, 0.3) is 17.0 Å². The fourth-order valence-corrected chi connectivity index (χ4v) is 3.66. The Kier molecular flexibility index (Phi) is 5.90. The Morgan fingerprint density at radius 3 is 2.40 bits per heavy atom. The Balaban J connectivity index is 1.35. The predicted octanol–water partition coefficient (Wildman–Crippen LogP) is 1.55. The molecule has 7 heteroatoms. The van der Waals surface area contributed by atoms with Crippen LogP contribution in [-0.4, -0.2) is 58.0 Å². The minimum absolute atomic E-state index is 0.211. The van der Waals surface area contributed by atoms with E-state index in [1.165, 1.54) is 0 Å². The number of carbonyl (C=O) groups excluding carboxylic acids is 1. The Bertz CT molecular complexity index is 1170. The number of amides is 1. The highest BCUT2D eigenvalue weighted by atomic mass is 16.2. The van der Waals surface area contributed by atoms with Gasteiger partial charge in [0, 0.05) is 32.7 Å². The standard InChI is InChI=1S/C23H24N4O3/c28-21(17-27-22(29)19-10-4-5-11-20(19)24-23(27)30)26-15-13-25(14-16-26)12-6-9-18-7-2-1-3-8-18/h1-11H,12-17H2,(H,24,30). The molecular formula is C23H24N4O3. The molecule has 1 amide bonds. The lowest BCUT2D eigenvalue weighted by atomic mass is 10.2. The van der Waals surface area contributed by atoms with Gasteiger partial charge >= 0.3 is 5.69 Å². The lowest BCUT2D eigenvalue weighted by Crippen LogP contribution is -2.51. The third-order valence-electron chi connectivity index (χ3n) is 5.38. The molecule has 7 nitrogen and oxygen atoms in total. The van der Waals surface area contributed by atoms with Gasteiger partial charge in [0.05, 0.1) is 10.9 Å². The second-order valence-electron chi connectivity index (χ2n) is 7.36. The van der Waals surface area contributed by atoms with Gasteiger partial charge in [-0.3, -0.25) is 19.1 Å². The number of H-pyrrole nitrogens is 1. The first-order valence-corrected chi connectivity index (χ1v) is 10.1. The summed E-state index contributed by atoms with van der Waals surface area (Å²) in [7, 11) is 0. The molecule has 0 bridgehead atoms. The molecule has 0 radical (unpaired) electrons. The molecule has 30 heavy (non-hydrogen) atoms. The van der Waals surface area contributed by atoms with Crippen LogP contribution in [0.5, 0.6) is 0 Å². The van der Waals surface area contributed by atoms with E-state index in [1.54, 1.807) is 29.2 Å². The maximum absolute atomic E-state index is 12.7. The van der Waals surface area contributed by atoms with Crippen molar-refractivity contribution in [2.75, 3.05) is 32.7 Å². The molecule has 0 atom stereocenters. The summed E-state index contributed by atoms with van der Waals surface area (Å²) in [6.45, 7) is 3.26. The Morgan fingerprint density at radius 1 is 0.933 bits per heavy atom. The van der Waals surface area contributed by atoms with E-state index in [0.29, 0.717) is 24.0 Å². The lowest BCUT2D eigenvalue weighted by Gasteiger charge is -2.34. The zero-order chi connectivity index (χ0) is 20.9. The van der Waals surface area contributed by atoms with Crippen molar-refractivity contribution in [2.45, 2.75) is 6.54 Å². The molecule has 4 rings (SSSR count). The molecule has 1 N–H and O–H groups in total. The lowest BCUT2D eigenvalue weighted by molar-refractivity contribution is -0.133. The van der Waals surface area contributed by atoms with Crippen molar-refractivity contribution in [3.05, 3.63) is 87.1 Å². The molecule has 0 spiro atoms. The van der Waals surface area contributed by atoms with Gasteiger partial charge in [0.1, 0.15) is 6.54 Å². The number of piperazine rings is 1. The highest BCUT2D eigenvalue weighted by Crippen LogP contribution is 2.06. The first-order valence-electron chi connectivity index (χ1n) is 10.1. The van der Waals surface area contributed by atoms with Crippen LogP contribution in [0, 0.1) is 0 Å². The fourth-order valence-electron chi connectivity index (χ4n) is 3.66. The van der Waals surface area contributed by atoms with Crippen molar-refractivity contribution in [1.29, 1.82) is 0 Å². The summed E-state index contributed by atoms with van der Waals surface area (Å²) in [5.74, 6) is -0.211. The first-order chi connectivity index (χ1) is 14.6. The van der Waals surface area contributed by atoms with Gasteiger partial charge in [-0.15, -0.1) is 0 Å². The molecule has 1 aliphatic heterocycles. The van der Waals surface area contributed by atoms with Crippen molar-refractivity contribution in [3.8, 4) is 0 Å². The molecule has 1 aliphatic rings. The average Bonchev–Trinajstić information content (AvgIpc) is 2.78. The van der Waals surface area contributed by atoms with E-state index < -0.39 is 11.2 Å². The zero-order valence-electron chi connectivity index (χ0n) is 16.7. The van der Waals surface area contributed by atoms with Crippen LogP contribution >= 0.6 is 0 Å². The van der Waals surface area contributed by atoms with Crippen LogP contribution in [0.2, 0.25) is 0 Å². The smallest absolute Gasteiger partial charge is 0.329 e. The molecule has 2 heterocycles. The van der Waals surface area contributed by atoms with E-state index in [2.05, 4.69) is 34.2 Å². The van der Waals surface area contributed by atoms with Gasteiger partial charge in [0.15, 0.2) is 0 Å². The molecule has 2 aromatic carbocycles. The second-order valence-corrected chi connectivity index (χ2v) is 7.36. The average molecular weight is 404 g/mol. The number of benzene rings is 2. The van der Waals surface area contributed by atoms with Gasteiger partial charge in [-0.25, -0.2) is 4.79 Å². The molecule has 1 saturated heterocycles. The Labute approximate surface area is 173 Å². The number of nitrogens with zero attached hydrogens (tertiary/aromatic N) is 3. The maximum atomic E-state index is 12.7. The number of aromatic nitrogens is 2. The predicted molar refractivity (Wildman–Crippen MR) is 117 cm³/mol. The monoisotopic (exact) mass is 404 g/mol. The van der Waals surface area contributed by atoms with Crippen molar-refractivity contribution < 1.29 is 4.79 Å². The summed E-state index contributed by atoms with van der Waals surface area (Å²) in [6, 6.07) is 16.9. The van der Waals surface area contributed by atoms with E-state index in [9.17, 15) is 14.4 Å². The number of fused-ring (bicyclic) bond motifs is 1. The number of aromatic amines is 1. The summed E-state index contributed by atoms with van der Waals surface area (Å²) in [5, 5.41) is 0.403. The fraction of sp³-hybridized carbons (Fsp3) is 0.261. The molecule has 0 unspecified atom stereocenters. The van der Waals surface area contributed by atoms with Crippen LogP contribution in [0.3, 0.4) is 0 Å². The van der Waals surface area contributed by atoms with Crippen LogP contribution in [0.4, 0.5) is 0 Å². The van der Waals surface area contributed by atoms with Gasteiger partial charge < -0.3 is 9.88 Å². The minimum atomic E-state index is -0.559. The van der Waals surface area contributed by atoms with E-state index in [4.69, 9.17) is 0 Å². The summed E-state index contributed by atoms with van der Waals surface area (Å²) in [4.78, 5) is 44.3. The SMILES string of the molecule is O=C(Cn1c(=O)[nH]c2ccccc2c1=O)N1CCN(CC=Cc2ccccc2)CC1. The topological polar surface area (TPSA) is 78.4 Å². The van der Waals surface area contributed by atoms with Gasteiger partial charge in [-0.05, 0) is 17.7 Å². The van der Waals surface area contributed by atoms with E-state index >= 15 is 0 Å². The quantitative estimate of drug-likeness (QED) is 0.700. The molecule has 0 aliphatic carbocycles. The molecule has 154 valence electrons. The van der Waals surface area contributed by atoms with E-state index in [-0.39, 0.29) is 12.5 Å². The summed E-state index contributed by atoms with van der Waals surface area (Å²) >= 11 is 0. The number of rotatable bonds is 5. The number of hydrogen-bond donors (Lipinski definition) is 1. The Morgan fingerprint density at radius 2 is 1.63 bits per heavy atom. The summed E-state index contributed by atoms with van der Waals surface area (Å²) in [5.41, 5.74) is 0.648. The van der Waals surface area contributed by atoms with E-state index in [1.807, 2.05) is 18.2 Å². The third kappa shape index (κ3) is 4.41. The first kappa shape index (κ1) is 19.8. The van der Waals surface area contributed by atoms with Gasteiger partial charge in [-0.1, -0.05) is 54.6 Å². The van der Waals surface area contributed by atoms with Crippen molar-refractivity contribution in [3.63, 3.8) is 0 Å². The van der Waals surface area contributed by atoms with Crippen LogP contribution in [0.15, 0.2) is 70.3 Å². The third-order valence-corrected chi connectivity index (χ3v) is 5.38. The van der Waals surface area contributed by atoms with Crippen LogP contribution in [0.1, 0.15) is 5.56 Å². The minimum Gasteiger partial charge on any atom is -0.339 e. The number of para-hydroxylation sites is 1. The van der Waals surface area contributed by atoms with Gasteiger partial charge in [0.25, 0.3) is 5.56 Å². The largest absolute Gasteiger partial charge is 0.339 e. The second kappa shape index (κ2) is 8.92. The highest BCUT2D eigenvalue weighted by molar-refractivity contribution is 5.79. The normalized spacial score (nSPS) is 15.1. The van der Waals surface area contributed by atoms with Crippen molar-refractivity contribution >= 4 is 22.9 Å². The van der Waals surface area contributed by atoms with Crippen molar-refractivity contribution in [2.24, 2.45) is 0 Å². The van der Waals surface area contributed by atoms with E-state index in [0.717, 1.165) is 29.8 Å².